The van der Waals surface area contributed by atoms with Crippen LogP contribution < -0.4 is 5.32 Å². The number of hydrogen-bond acceptors (Lipinski definition) is 3. The Hall–Kier alpha value is -2.34. The number of carbonyl (C=O) groups excluding carboxylic acids is 1. The van der Waals surface area contributed by atoms with Crippen molar-refractivity contribution in [3.63, 3.8) is 0 Å². The van der Waals surface area contributed by atoms with Crippen LogP contribution in [0.25, 0.3) is 0 Å². The molecule has 0 heterocycles. The minimum Gasteiger partial charge on any atom is -0.481 e. The lowest BCUT2D eigenvalue weighted by Crippen LogP contribution is -2.22. The van der Waals surface area contributed by atoms with E-state index in [-0.39, 0.29) is 17.6 Å². The summed E-state index contributed by atoms with van der Waals surface area (Å²) < 4.78 is 12.9. The van der Waals surface area contributed by atoms with E-state index >= 15 is 0 Å². The van der Waals surface area contributed by atoms with Crippen molar-refractivity contribution in [2.45, 2.75) is 24.7 Å². The van der Waals surface area contributed by atoms with Crippen LogP contribution in [0.4, 0.5) is 10.1 Å². The van der Waals surface area contributed by atoms with Crippen LogP contribution in [0.3, 0.4) is 0 Å². The molecule has 0 aromatic heterocycles. The number of carboxylic acid groups (broad SMARTS) is 1. The predicted molar refractivity (Wildman–Crippen MR) is 97.4 cm³/mol. The highest BCUT2D eigenvalue weighted by Crippen LogP contribution is 2.22. The normalized spacial score (nSPS) is 13.1. The number of halogens is 1. The van der Waals surface area contributed by atoms with Crippen LogP contribution in [0.2, 0.25) is 0 Å². The van der Waals surface area contributed by atoms with Crippen molar-refractivity contribution in [3.8, 4) is 0 Å². The largest absolute Gasteiger partial charge is 0.481 e. The minimum atomic E-state index is -0.886. The Morgan fingerprint density at radius 1 is 1.08 bits per heavy atom. The summed E-state index contributed by atoms with van der Waals surface area (Å²) >= 11 is 1.49. The number of amides is 1. The molecule has 0 radical (unpaired) electrons. The minimum absolute atomic E-state index is 0.117. The lowest BCUT2D eigenvalue weighted by molar-refractivity contribution is -0.138. The molecule has 1 amide bonds. The number of benzene rings is 2. The average Bonchev–Trinajstić information content (AvgIpc) is 2.60. The van der Waals surface area contributed by atoms with Crippen molar-refractivity contribution >= 4 is 29.3 Å². The van der Waals surface area contributed by atoms with E-state index in [0.29, 0.717) is 17.0 Å². The van der Waals surface area contributed by atoms with Gasteiger partial charge in [0, 0.05) is 22.3 Å². The first-order valence-electron chi connectivity index (χ1n) is 7.89. The summed E-state index contributed by atoms with van der Waals surface area (Å²) in [5.41, 5.74) is 1.32. The molecule has 0 bridgehead atoms. The molecule has 0 spiro atoms. The van der Waals surface area contributed by atoms with Gasteiger partial charge in [0.05, 0.1) is 5.92 Å². The van der Waals surface area contributed by atoms with Crippen molar-refractivity contribution in [1.29, 1.82) is 0 Å². The average molecular weight is 361 g/mol. The quantitative estimate of drug-likeness (QED) is 0.718. The van der Waals surface area contributed by atoms with Crippen LogP contribution >= 0.6 is 11.8 Å². The molecule has 2 unspecified atom stereocenters. The Morgan fingerprint density at radius 2 is 1.68 bits per heavy atom. The van der Waals surface area contributed by atoms with E-state index in [1.165, 1.54) is 23.9 Å². The maximum atomic E-state index is 12.9. The van der Waals surface area contributed by atoms with Crippen LogP contribution in [-0.2, 0) is 9.59 Å². The molecule has 0 saturated carbocycles. The molecule has 4 nitrogen and oxygen atoms in total. The maximum Gasteiger partial charge on any atom is 0.310 e. The molecule has 0 saturated heterocycles. The molecule has 0 aliphatic carbocycles. The van der Waals surface area contributed by atoms with Crippen molar-refractivity contribution in [2.24, 2.45) is 5.92 Å². The van der Waals surface area contributed by atoms with E-state index in [1.54, 1.807) is 43.3 Å². The predicted octanol–water partition coefficient (Wildman–Crippen LogP) is 4.38. The summed E-state index contributed by atoms with van der Waals surface area (Å²) in [7, 11) is 0. The molecule has 25 heavy (non-hydrogen) atoms. The fourth-order valence-corrected chi connectivity index (χ4v) is 3.01. The van der Waals surface area contributed by atoms with Crippen LogP contribution in [0, 0.1) is 11.7 Å². The number of nitrogens with one attached hydrogen (secondary N) is 1. The smallest absolute Gasteiger partial charge is 0.310 e. The fraction of sp³-hybridized carbons (Fsp3) is 0.263. The Morgan fingerprint density at radius 3 is 2.24 bits per heavy atom. The molecule has 132 valence electrons. The first kappa shape index (κ1) is 19.0. The van der Waals surface area contributed by atoms with Crippen LogP contribution in [0.5, 0.6) is 0 Å². The number of carbonyl (C=O) groups is 2. The van der Waals surface area contributed by atoms with Gasteiger partial charge in [-0.05, 0) is 48.9 Å². The Bertz CT molecular complexity index is 731. The number of rotatable bonds is 7. The van der Waals surface area contributed by atoms with Crippen molar-refractivity contribution < 1.29 is 19.1 Å². The second-order valence-corrected chi connectivity index (χ2v) is 6.93. The molecule has 0 fully saturated rings. The van der Waals surface area contributed by atoms with Crippen molar-refractivity contribution in [2.75, 3.05) is 11.1 Å². The van der Waals surface area contributed by atoms with E-state index in [2.05, 4.69) is 5.32 Å². The van der Waals surface area contributed by atoms with Gasteiger partial charge in [0.25, 0.3) is 0 Å². The lowest BCUT2D eigenvalue weighted by Gasteiger charge is -2.13. The monoisotopic (exact) mass is 361 g/mol. The second kappa shape index (κ2) is 8.67. The molecule has 2 N–H and O–H groups in total. The highest BCUT2D eigenvalue weighted by Gasteiger charge is 2.15. The third-order valence-corrected chi connectivity index (χ3v) is 5.08. The van der Waals surface area contributed by atoms with E-state index in [1.807, 2.05) is 6.92 Å². The Labute approximate surface area is 150 Å². The zero-order valence-electron chi connectivity index (χ0n) is 14.0. The van der Waals surface area contributed by atoms with Gasteiger partial charge in [-0.3, -0.25) is 9.59 Å². The number of aliphatic carboxylic acids is 1. The zero-order valence-corrected chi connectivity index (χ0v) is 14.8. The molecule has 0 aliphatic heterocycles. The van der Waals surface area contributed by atoms with Crippen LogP contribution in [-0.4, -0.2) is 22.7 Å². The first-order valence-corrected chi connectivity index (χ1v) is 8.87. The van der Waals surface area contributed by atoms with Gasteiger partial charge in [-0.2, -0.15) is 0 Å². The molecular weight excluding hydrogens is 341 g/mol. The highest BCUT2D eigenvalue weighted by atomic mass is 32.2. The topological polar surface area (TPSA) is 66.4 Å². The zero-order chi connectivity index (χ0) is 18.4. The third kappa shape index (κ3) is 5.60. The van der Waals surface area contributed by atoms with Gasteiger partial charge in [0.15, 0.2) is 0 Å². The Balaban J connectivity index is 1.87. The van der Waals surface area contributed by atoms with Gasteiger partial charge in [0.2, 0.25) is 5.91 Å². The van der Waals surface area contributed by atoms with E-state index < -0.39 is 11.9 Å². The van der Waals surface area contributed by atoms with Gasteiger partial charge in [-0.15, -0.1) is 11.8 Å². The fourth-order valence-electron chi connectivity index (χ4n) is 2.09. The number of hydrogen-bond donors (Lipinski definition) is 2. The summed E-state index contributed by atoms with van der Waals surface area (Å²) in [6, 6.07) is 13.0. The molecular formula is C19H20FNO3S. The summed E-state index contributed by atoms with van der Waals surface area (Å²) in [5.74, 6) is -1.53. The molecule has 0 aliphatic rings. The van der Waals surface area contributed by atoms with Gasteiger partial charge < -0.3 is 10.4 Å². The van der Waals surface area contributed by atoms with Gasteiger partial charge >= 0.3 is 5.97 Å². The van der Waals surface area contributed by atoms with Gasteiger partial charge in [0.1, 0.15) is 5.82 Å². The van der Waals surface area contributed by atoms with Crippen LogP contribution in [0.15, 0.2) is 53.4 Å². The summed E-state index contributed by atoms with van der Waals surface area (Å²) in [4.78, 5) is 24.1. The van der Waals surface area contributed by atoms with E-state index in [0.717, 1.165) is 4.90 Å². The van der Waals surface area contributed by atoms with Crippen molar-refractivity contribution in [3.05, 3.63) is 59.9 Å². The number of carboxylic acids is 1. The molecule has 6 heteroatoms. The summed E-state index contributed by atoms with van der Waals surface area (Å²) in [5, 5.41) is 11.8. The van der Waals surface area contributed by atoms with Crippen LogP contribution in [0.1, 0.15) is 25.3 Å². The number of anilines is 1. The molecule has 2 aromatic carbocycles. The number of thioether (sulfide) groups is 1. The lowest BCUT2D eigenvalue weighted by atomic mass is 10.0. The standard InChI is InChI=1S/C19H20FNO3S/c1-12(11-25-17-9-5-15(20)6-10-17)18(22)21-16-7-3-14(4-8-16)13(2)19(23)24/h3-10,12-13H,11H2,1-2H3,(H,21,22)(H,23,24). The summed E-state index contributed by atoms with van der Waals surface area (Å²) in [6.45, 7) is 3.44. The SMILES string of the molecule is CC(CSc1ccc(F)cc1)C(=O)Nc1ccc(C(C)C(=O)O)cc1. The van der Waals surface area contributed by atoms with Gasteiger partial charge in [-0.1, -0.05) is 19.1 Å². The molecule has 2 rings (SSSR count). The summed E-state index contributed by atoms with van der Waals surface area (Å²) in [6.07, 6.45) is 0. The third-order valence-electron chi connectivity index (χ3n) is 3.81. The van der Waals surface area contributed by atoms with Crippen molar-refractivity contribution in [1.82, 2.24) is 0 Å². The Kier molecular flexibility index (Phi) is 6.58. The highest BCUT2D eigenvalue weighted by molar-refractivity contribution is 7.99. The van der Waals surface area contributed by atoms with E-state index in [9.17, 15) is 14.0 Å². The van der Waals surface area contributed by atoms with E-state index in [4.69, 9.17) is 5.11 Å². The molecule has 2 atom stereocenters. The van der Waals surface area contributed by atoms with Gasteiger partial charge in [-0.25, -0.2) is 4.39 Å². The second-order valence-electron chi connectivity index (χ2n) is 5.84. The first-order chi connectivity index (χ1) is 11.9. The maximum absolute atomic E-state index is 12.9. The molecule has 2 aromatic rings.